The number of pyridine rings is 1. The number of carbonyl (C=O) groups is 2. The molecule has 150 valence electrons. The number of nitrogens with zero attached hydrogens (tertiary/aromatic N) is 3. The quantitative estimate of drug-likeness (QED) is 0.763. The summed E-state index contributed by atoms with van der Waals surface area (Å²) in [5.74, 6) is -0.444. The van der Waals surface area contributed by atoms with Crippen LogP contribution in [0, 0.1) is 0 Å². The van der Waals surface area contributed by atoms with Gasteiger partial charge in [0.25, 0.3) is 0 Å². The average Bonchev–Trinajstić information content (AvgIpc) is 2.73. The lowest BCUT2D eigenvalue weighted by atomic mass is 10.2. The van der Waals surface area contributed by atoms with Crippen molar-refractivity contribution in [3.8, 4) is 0 Å². The van der Waals surface area contributed by atoms with E-state index in [9.17, 15) is 9.59 Å². The molecule has 0 atom stereocenters. The highest BCUT2D eigenvalue weighted by Crippen LogP contribution is 2.22. The summed E-state index contributed by atoms with van der Waals surface area (Å²) >= 11 is 5.99. The molecule has 1 aromatic heterocycles. The number of halogens is 2. The minimum absolute atomic E-state index is 0. The van der Waals surface area contributed by atoms with Crippen LogP contribution >= 0.6 is 24.0 Å². The van der Waals surface area contributed by atoms with Crippen molar-refractivity contribution in [1.82, 2.24) is 15.2 Å². The van der Waals surface area contributed by atoms with Gasteiger partial charge < -0.3 is 15.0 Å². The fraction of sp³-hybridized carbons (Fsp3) is 0.316. The number of esters is 1. The number of piperazine rings is 1. The topological polar surface area (TPSA) is 74.8 Å². The number of aromatic nitrogens is 1. The monoisotopic (exact) mass is 424 g/mol. The van der Waals surface area contributed by atoms with Gasteiger partial charge in [-0.2, -0.15) is 0 Å². The number of carbonyl (C=O) groups excluding carboxylic acids is 2. The number of methoxy groups -OCH3 is 1. The summed E-state index contributed by atoms with van der Waals surface area (Å²) in [6.07, 6.45) is 1.45. The lowest BCUT2D eigenvalue weighted by Crippen LogP contribution is -2.51. The number of urea groups is 1. The fourth-order valence-corrected chi connectivity index (χ4v) is 2.96. The van der Waals surface area contributed by atoms with Crippen molar-refractivity contribution in [2.45, 2.75) is 6.54 Å². The van der Waals surface area contributed by atoms with Gasteiger partial charge in [0.2, 0.25) is 0 Å². The van der Waals surface area contributed by atoms with E-state index in [4.69, 9.17) is 11.6 Å². The minimum atomic E-state index is -0.444. The third-order valence-electron chi connectivity index (χ3n) is 4.32. The highest BCUT2D eigenvalue weighted by atomic mass is 35.5. The van der Waals surface area contributed by atoms with Crippen LogP contribution in [0.4, 0.5) is 10.5 Å². The first kappa shape index (κ1) is 21.9. The second-order valence-corrected chi connectivity index (χ2v) is 6.55. The second kappa shape index (κ2) is 10.3. The highest BCUT2D eigenvalue weighted by molar-refractivity contribution is 6.30. The molecule has 7 nitrogen and oxygen atoms in total. The lowest BCUT2D eigenvalue weighted by molar-refractivity contribution is 0.0600. The number of amides is 2. The van der Waals surface area contributed by atoms with E-state index in [1.807, 2.05) is 17.0 Å². The van der Waals surface area contributed by atoms with Crippen molar-refractivity contribution in [3.05, 3.63) is 58.9 Å². The Balaban J connectivity index is 0.00000280. The Hall–Kier alpha value is -2.35. The van der Waals surface area contributed by atoms with Gasteiger partial charge in [-0.15, -0.1) is 12.4 Å². The van der Waals surface area contributed by atoms with E-state index in [-0.39, 0.29) is 25.0 Å². The van der Waals surface area contributed by atoms with Crippen LogP contribution in [0.5, 0.6) is 0 Å². The number of nitrogens with one attached hydrogen (secondary N) is 1. The van der Waals surface area contributed by atoms with Crippen molar-refractivity contribution < 1.29 is 14.3 Å². The van der Waals surface area contributed by atoms with Gasteiger partial charge in [0.15, 0.2) is 0 Å². The van der Waals surface area contributed by atoms with Crippen LogP contribution in [0.15, 0.2) is 42.6 Å². The molecule has 0 bridgehead atoms. The molecule has 3 rings (SSSR count). The molecular weight excluding hydrogens is 403 g/mol. The van der Waals surface area contributed by atoms with E-state index in [2.05, 4.69) is 15.0 Å². The molecule has 0 saturated carbocycles. The van der Waals surface area contributed by atoms with Crippen LogP contribution in [0.2, 0.25) is 5.02 Å². The summed E-state index contributed by atoms with van der Waals surface area (Å²) in [6.45, 7) is 3.12. The first-order valence-corrected chi connectivity index (χ1v) is 9.02. The minimum Gasteiger partial charge on any atom is -0.465 e. The predicted octanol–water partition coefficient (Wildman–Crippen LogP) is 2.98. The molecule has 1 N–H and O–H groups in total. The first-order chi connectivity index (χ1) is 13.1. The molecule has 2 heterocycles. The molecule has 0 radical (unpaired) electrons. The maximum absolute atomic E-state index is 13.1. The van der Waals surface area contributed by atoms with Crippen molar-refractivity contribution >= 4 is 41.7 Å². The molecule has 2 amide bonds. The maximum Gasteiger partial charge on any atom is 0.339 e. The summed E-state index contributed by atoms with van der Waals surface area (Å²) in [6, 6.07) is 10.4. The third kappa shape index (κ3) is 5.34. The summed E-state index contributed by atoms with van der Waals surface area (Å²) in [7, 11) is 1.32. The van der Waals surface area contributed by atoms with Crippen LogP contribution in [-0.4, -0.2) is 55.2 Å². The Kier molecular flexibility index (Phi) is 8.04. The molecule has 0 unspecified atom stereocenters. The molecule has 1 aliphatic rings. The van der Waals surface area contributed by atoms with Gasteiger partial charge in [0.1, 0.15) is 0 Å². The van der Waals surface area contributed by atoms with Crippen LogP contribution in [0.3, 0.4) is 0 Å². The summed E-state index contributed by atoms with van der Waals surface area (Å²) in [5.41, 5.74) is 1.77. The predicted molar refractivity (Wildman–Crippen MR) is 110 cm³/mol. The molecule has 0 spiro atoms. The van der Waals surface area contributed by atoms with Gasteiger partial charge in [-0.05, 0) is 36.4 Å². The molecule has 1 saturated heterocycles. The van der Waals surface area contributed by atoms with Crippen molar-refractivity contribution in [3.63, 3.8) is 0 Å². The van der Waals surface area contributed by atoms with E-state index < -0.39 is 5.97 Å². The lowest BCUT2D eigenvalue weighted by Gasteiger charge is -2.33. The molecule has 28 heavy (non-hydrogen) atoms. The molecule has 9 heteroatoms. The molecule has 1 aliphatic heterocycles. The second-order valence-electron chi connectivity index (χ2n) is 6.11. The van der Waals surface area contributed by atoms with Gasteiger partial charge in [-0.3, -0.25) is 9.88 Å². The average molecular weight is 425 g/mol. The Morgan fingerprint density at radius 3 is 2.43 bits per heavy atom. The van der Waals surface area contributed by atoms with Gasteiger partial charge >= 0.3 is 12.0 Å². The largest absolute Gasteiger partial charge is 0.465 e. The molecular formula is C19H22Cl2N4O3. The highest BCUT2D eigenvalue weighted by Gasteiger charge is 2.24. The van der Waals surface area contributed by atoms with Crippen LogP contribution in [0.1, 0.15) is 16.1 Å². The number of rotatable bonds is 4. The van der Waals surface area contributed by atoms with Crippen molar-refractivity contribution in [1.29, 1.82) is 0 Å². The molecule has 2 aromatic rings. The van der Waals surface area contributed by atoms with Crippen molar-refractivity contribution in [2.24, 2.45) is 0 Å². The smallest absolute Gasteiger partial charge is 0.339 e. The zero-order valence-corrected chi connectivity index (χ0v) is 17.0. The summed E-state index contributed by atoms with van der Waals surface area (Å²) < 4.78 is 4.69. The Morgan fingerprint density at radius 2 is 1.86 bits per heavy atom. The van der Waals surface area contributed by atoms with Crippen LogP contribution in [0.25, 0.3) is 0 Å². The Morgan fingerprint density at radius 1 is 1.18 bits per heavy atom. The normalized spacial score (nSPS) is 13.4. The van der Waals surface area contributed by atoms with E-state index in [1.54, 1.807) is 29.2 Å². The zero-order chi connectivity index (χ0) is 19.2. The summed E-state index contributed by atoms with van der Waals surface area (Å²) in [4.78, 5) is 32.5. The Labute approximate surface area is 175 Å². The standard InChI is InChI=1S/C19H21ClN4O3.ClH/c1-27-18(25)14-2-5-16(22-12-14)13-24(17-6-3-15(20)4-7-17)19(26)23-10-8-21-9-11-23;/h2-7,12,21H,8-11,13H2,1H3;1H. The number of benzene rings is 1. The van der Waals surface area contributed by atoms with E-state index in [0.29, 0.717) is 29.4 Å². The molecule has 1 fully saturated rings. The number of hydrogen-bond acceptors (Lipinski definition) is 5. The number of anilines is 1. The fourth-order valence-electron chi connectivity index (χ4n) is 2.84. The van der Waals surface area contributed by atoms with Gasteiger partial charge in [0, 0.05) is 43.1 Å². The zero-order valence-electron chi connectivity index (χ0n) is 15.4. The molecule has 0 aliphatic carbocycles. The van der Waals surface area contributed by atoms with E-state index in [1.165, 1.54) is 13.3 Å². The van der Waals surface area contributed by atoms with Gasteiger partial charge in [0.05, 0.1) is 24.9 Å². The van der Waals surface area contributed by atoms with Crippen LogP contribution < -0.4 is 10.2 Å². The molecule has 1 aromatic carbocycles. The Bertz CT molecular complexity index is 794. The van der Waals surface area contributed by atoms with Crippen LogP contribution in [-0.2, 0) is 11.3 Å². The summed E-state index contributed by atoms with van der Waals surface area (Å²) in [5, 5.41) is 3.85. The number of ether oxygens (including phenoxy) is 1. The van der Waals surface area contributed by atoms with Gasteiger partial charge in [-0.1, -0.05) is 11.6 Å². The SMILES string of the molecule is COC(=O)c1ccc(CN(C(=O)N2CCNCC2)c2ccc(Cl)cc2)nc1.Cl. The first-order valence-electron chi connectivity index (χ1n) is 8.64. The number of hydrogen-bond donors (Lipinski definition) is 1. The van der Waals surface area contributed by atoms with Crippen molar-refractivity contribution in [2.75, 3.05) is 38.2 Å². The van der Waals surface area contributed by atoms with E-state index >= 15 is 0 Å². The maximum atomic E-state index is 13.1. The van der Waals surface area contributed by atoms with E-state index in [0.717, 1.165) is 18.8 Å². The van der Waals surface area contributed by atoms with Gasteiger partial charge in [-0.25, -0.2) is 9.59 Å². The third-order valence-corrected chi connectivity index (χ3v) is 4.57.